The van der Waals surface area contributed by atoms with Crippen LogP contribution in [0.5, 0.6) is 0 Å². The minimum atomic E-state index is 0.0328. The van der Waals surface area contributed by atoms with Crippen LogP contribution in [0.1, 0.15) is 33.1 Å². The molecule has 1 unspecified atom stereocenters. The first-order valence-corrected chi connectivity index (χ1v) is 6.88. The van der Waals surface area contributed by atoms with Crippen molar-refractivity contribution in [1.29, 1.82) is 0 Å². The third-order valence-electron chi connectivity index (χ3n) is 3.07. The molecule has 1 heterocycles. The first-order chi connectivity index (χ1) is 6.17. The first-order valence-electron chi connectivity index (χ1n) is 5.02. The van der Waals surface area contributed by atoms with Gasteiger partial charge in [0.05, 0.1) is 4.49 Å². The lowest BCUT2D eigenvalue weighted by molar-refractivity contribution is 0.819. The summed E-state index contributed by atoms with van der Waals surface area (Å²) in [7, 11) is 0.0328. The molecule has 13 heavy (non-hydrogen) atoms. The van der Waals surface area contributed by atoms with Gasteiger partial charge < -0.3 is 0 Å². The average molecular weight is 212 g/mol. The van der Waals surface area contributed by atoms with Gasteiger partial charge >= 0.3 is 0 Å². The van der Waals surface area contributed by atoms with E-state index in [0.717, 1.165) is 5.66 Å². The van der Waals surface area contributed by atoms with Crippen LogP contribution in [-0.2, 0) is 0 Å². The smallest absolute Gasteiger partial charge is 0.0548 e. The fourth-order valence-corrected chi connectivity index (χ4v) is 6.88. The van der Waals surface area contributed by atoms with Gasteiger partial charge in [0.15, 0.2) is 0 Å². The lowest BCUT2D eigenvalue weighted by Crippen LogP contribution is -2.27. The summed E-state index contributed by atoms with van der Waals surface area (Å²) in [6.45, 7) is 4.55. The Morgan fingerprint density at radius 2 is 2.46 bits per heavy atom. The fourth-order valence-electron chi connectivity index (χ4n) is 2.40. The number of allylic oxidation sites excluding steroid dienone is 3. The van der Waals surface area contributed by atoms with Gasteiger partial charge in [0.25, 0.3) is 0 Å². The summed E-state index contributed by atoms with van der Waals surface area (Å²) >= 11 is 4.88. The van der Waals surface area contributed by atoms with Crippen molar-refractivity contribution >= 4 is 20.6 Å². The Labute approximate surface area is 87.7 Å². The van der Waals surface area contributed by atoms with E-state index in [0.29, 0.717) is 0 Å². The second-order valence-corrected chi connectivity index (χ2v) is 8.17. The van der Waals surface area contributed by atoms with E-state index in [1.54, 1.807) is 5.31 Å². The van der Waals surface area contributed by atoms with Crippen LogP contribution >= 0.6 is 20.6 Å². The molecule has 0 spiro atoms. The molecule has 0 nitrogen and oxygen atoms in total. The molecule has 0 saturated carbocycles. The minimum absolute atomic E-state index is 0.0328. The van der Waals surface area contributed by atoms with Crippen molar-refractivity contribution in [2.75, 3.05) is 0 Å². The summed E-state index contributed by atoms with van der Waals surface area (Å²) in [4.78, 5) is 0. The van der Waals surface area contributed by atoms with E-state index in [-0.39, 0.29) is 12.4 Å². The van der Waals surface area contributed by atoms with Crippen molar-refractivity contribution in [3.8, 4) is 0 Å². The number of hydrogen-bond donors (Lipinski definition) is 1. The number of thiol groups is 1. The van der Waals surface area contributed by atoms with E-state index < -0.39 is 0 Å². The predicted octanol–water partition coefficient (Wildman–Crippen LogP) is 4.14. The predicted molar refractivity (Wildman–Crippen MR) is 64.8 cm³/mol. The van der Waals surface area contributed by atoms with Crippen LogP contribution in [0.25, 0.3) is 0 Å². The largest absolute Gasteiger partial charge is 0.163 e. The molecule has 0 aromatic rings. The first kappa shape index (κ1) is 9.80. The summed E-state index contributed by atoms with van der Waals surface area (Å²) in [5.41, 5.74) is 0.890. The van der Waals surface area contributed by atoms with E-state index in [1.165, 1.54) is 19.3 Å². The maximum Gasteiger partial charge on any atom is 0.0548 e. The van der Waals surface area contributed by atoms with E-state index in [1.807, 2.05) is 0 Å². The zero-order valence-corrected chi connectivity index (χ0v) is 10.1. The quantitative estimate of drug-likeness (QED) is 0.377. The summed E-state index contributed by atoms with van der Waals surface area (Å²) in [5, 5.41) is 1.68. The van der Waals surface area contributed by atoms with Crippen molar-refractivity contribution in [3.05, 3.63) is 23.5 Å². The molecule has 0 aromatic heterocycles. The molecule has 1 aliphatic heterocycles. The Kier molecular flexibility index (Phi) is 2.59. The van der Waals surface area contributed by atoms with Crippen molar-refractivity contribution in [2.45, 2.75) is 43.3 Å². The van der Waals surface area contributed by atoms with Crippen LogP contribution in [0.3, 0.4) is 0 Å². The summed E-state index contributed by atoms with van der Waals surface area (Å²) < 4.78 is 0.245. The third-order valence-corrected chi connectivity index (χ3v) is 7.42. The van der Waals surface area contributed by atoms with Crippen LogP contribution in [0.15, 0.2) is 23.5 Å². The van der Waals surface area contributed by atoms with Crippen LogP contribution in [0.2, 0.25) is 0 Å². The molecular formula is C11H17PS. The molecule has 72 valence electrons. The molecule has 1 saturated heterocycles. The zero-order chi connectivity index (χ0) is 9.47. The summed E-state index contributed by atoms with van der Waals surface area (Å²) in [5.74, 6) is 0. The van der Waals surface area contributed by atoms with Crippen LogP contribution in [0.4, 0.5) is 0 Å². The van der Waals surface area contributed by atoms with Gasteiger partial charge in [0.1, 0.15) is 0 Å². The Morgan fingerprint density at radius 1 is 1.69 bits per heavy atom. The molecule has 1 aliphatic carbocycles. The molecule has 0 bridgehead atoms. The second kappa shape index (κ2) is 3.44. The molecule has 0 amide bonds. The molecule has 1 fully saturated rings. The van der Waals surface area contributed by atoms with Crippen LogP contribution in [0, 0.1) is 0 Å². The standard InChI is InChI=1S/C11H17PS/c1-3-10-8-9(2)12(10)11(13)6-4-5-7-11/h3-4,6,9,13H,5,7-8H2,1-2H3/b10-3+/t9-,11+,12?/m1/s1. The fraction of sp³-hybridized carbons (Fsp3) is 0.636. The molecule has 0 N–H and O–H groups in total. The average Bonchev–Trinajstić information content (AvgIpc) is 2.47. The van der Waals surface area contributed by atoms with Crippen molar-refractivity contribution in [1.82, 2.24) is 0 Å². The molecule has 2 aliphatic rings. The van der Waals surface area contributed by atoms with Gasteiger partial charge in [-0.2, -0.15) is 12.6 Å². The lowest BCUT2D eigenvalue weighted by Gasteiger charge is -2.47. The van der Waals surface area contributed by atoms with Gasteiger partial charge in [-0.05, 0) is 37.2 Å². The van der Waals surface area contributed by atoms with E-state index in [4.69, 9.17) is 12.6 Å². The van der Waals surface area contributed by atoms with Gasteiger partial charge in [-0.3, -0.25) is 0 Å². The highest BCUT2D eigenvalue weighted by atomic mass is 32.1. The summed E-state index contributed by atoms with van der Waals surface area (Å²) in [6, 6.07) is 0. The number of hydrogen-bond acceptors (Lipinski definition) is 1. The molecule has 2 heteroatoms. The van der Waals surface area contributed by atoms with Crippen molar-refractivity contribution < 1.29 is 0 Å². The highest BCUT2D eigenvalue weighted by Gasteiger charge is 2.45. The molecule has 0 radical (unpaired) electrons. The van der Waals surface area contributed by atoms with Crippen molar-refractivity contribution in [3.63, 3.8) is 0 Å². The number of rotatable bonds is 1. The van der Waals surface area contributed by atoms with E-state index >= 15 is 0 Å². The molecular weight excluding hydrogens is 195 g/mol. The van der Waals surface area contributed by atoms with Gasteiger partial charge in [-0.15, -0.1) is 0 Å². The Morgan fingerprint density at radius 3 is 2.92 bits per heavy atom. The highest BCUT2D eigenvalue weighted by Crippen LogP contribution is 2.73. The lowest BCUT2D eigenvalue weighted by atomic mass is 10.3. The van der Waals surface area contributed by atoms with E-state index in [2.05, 4.69) is 32.1 Å². The van der Waals surface area contributed by atoms with Crippen molar-refractivity contribution in [2.24, 2.45) is 0 Å². The zero-order valence-electron chi connectivity index (χ0n) is 8.33. The maximum absolute atomic E-state index is 4.88. The topological polar surface area (TPSA) is 0 Å². The van der Waals surface area contributed by atoms with Crippen LogP contribution in [-0.4, -0.2) is 10.1 Å². The van der Waals surface area contributed by atoms with Gasteiger partial charge in [0.2, 0.25) is 0 Å². The van der Waals surface area contributed by atoms with Gasteiger partial charge in [0, 0.05) is 0 Å². The Bertz CT molecular complexity index is 269. The highest BCUT2D eigenvalue weighted by molar-refractivity contribution is 7.93. The second-order valence-electron chi connectivity index (χ2n) is 4.02. The molecule has 2 rings (SSSR count). The Balaban J connectivity index is 2.19. The summed E-state index contributed by atoms with van der Waals surface area (Å²) in [6.07, 6.45) is 10.8. The van der Waals surface area contributed by atoms with Gasteiger partial charge in [-0.1, -0.05) is 33.1 Å². The molecule has 3 atom stereocenters. The third kappa shape index (κ3) is 1.51. The van der Waals surface area contributed by atoms with E-state index in [9.17, 15) is 0 Å². The Hall–Kier alpha value is 0.260. The monoisotopic (exact) mass is 212 g/mol. The normalized spacial score (nSPS) is 46.8. The molecule has 0 aromatic carbocycles. The maximum atomic E-state index is 4.88. The SMILES string of the molecule is C/C=C1\C[C@@H](C)P1[C@]1(S)C=CCC1. The van der Waals surface area contributed by atoms with Crippen LogP contribution < -0.4 is 0 Å². The minimum Gasteiger partial charge on any atom is -0.163 e. The van der Waals surface area contributed by atoms with Gasteiger partial charge in [-0.25, -0.2) is 0 Å².